The molecule has 1 fully saturated rings. The summed E-state index contributed by atoms with van der Waals surface area (Å²) in [6, 6.07) is 8.57. The highest BCUT2D eigenvalue weighted by Gasteiger charge is 2.40. The molecule has 2 nitrogen and oxygen atoms in total. The molecule has 0 heterocycles. The number of aryl methyl sites for hydroxylation is 1. The summed E-state index contributed by atoms with van der Waals surface area (Å²) in [5.74, 6) is 0.301. The van der Waals surface area contributed by atoms with Gasteiger partial charge in [-0.1, -0.05) is 42.7 Å². The van der Waals surface area contributed by atoms with Crippen molar-refractivity contribution in [3.8, 4) is 0 Å². The monoisotopic (exact) mass is 233 g/mol. The molecule has 1 saturated carbocycles. The molecule has 0 radical (unpaired) electrons. The zero-order valence-electron chi connectivity index (χ0n) is 10.7. The van der Waals surface area contributed by atoms with Gasteiger partial charge in [-0.25, -0.2) is 0 Å². The van der Waals surface area contributed by atoms with Crippen LogP contribution in [0.1, 0.15) is 42.7 Å². The van der Waals surface area contributed by atoms with Crippen LogP contribution in [0.4, 0.5) is 0 Å². The lowest BCUT2D eigenvalue weighted by Crippen LogP contribution is -2.34. The number of benzene rings is 1. The predicted molar refractivity (Wildman–Crippen MR) is 71.0 cm³/mol. The molecule has 2 rings (SSSR count). The van der Waals surface area contributed by atoms with Crippen molar-refractivity contribution in [1.29, 1.82) is 0 Å². The van der Waals surface area contributed by atoms with E-state index in [1.807, 2.05) is 0 Å². The van der Waals surface area contributed by atoms with Gasteiger partial charge < -0.3 is 10.8 Å². The zero-order chi connectivity index (χ0) is 12.3. The number of nitrogens with two attached hydrogens (primary N) is 1. The third kappa shape index (κ3) is 2.38. The molecule has 2 heteroatoms. The highest BCUT2D eigenvalue weighted by Crippen LogP contribution is 2.48. The van der Waals surface area contributed by atoms with Gasteiger partial charge in [0.05, 0.1) is 0 Å². The van der Waals surface area contributed by atoms with Crippen molar-refractivity contribution in [2.24, 2.45) is 11.1 Å². The fourth-order valence-electron chi connectivity index (χ4n) is 3.32. The number of aliphatic hydroxyl groups is 1. The van der Waals surface area contributed by atoms with Crippen LogP contribution in [0.2, 0.25) is 0 Å². The second-order valence-corrected chi connectivity index (χ2v) is 5.43. The predicted octanol–water partition coefficient (Wildman–Crippen LogP) is 2.59. The minimum Gasteiger partial charge on any atom is -0.396 e. The lowest BCUT2D eigenvalue weighted by Gasteiger charge is -2.36. The van der Waals surface area contributed by atoms with Gasteiger partial charge in [0.2, 0.25) is 0 Å². The molecule has 1 aliphatic rings. The van der Waals surface area contributed by atoms with Crippen LogP contribution in [0.5, 0.6) is 0 Å². The van der Waals surface area contributed by atoms with Gasteiger partial charge in [0.15, 0.2) is 0 Å². The molecule has 0 unspecified atom stereocenters. The van der Waals surface area contributed by atoms with Gasteiger partial charge in [0.25, 0.3) is 0 Å². The van der Waals surface area contributed by atoms with E-state index in [4.69, 9.17) is 5.73 Å². The Morgan fingerprint density at radius 1 is 1.35 bits per heavy atom. The minimum absolute atomic E-state index is 0.0303. The van der Waals surface area contributed by atoms with Crippen molar-refractivity contribution in [3.63, 3.8) is 0 Å². The van der Waals surface area contributed by atoms with E-state index in [0.717, 1.165) is 12.8 Å². The first-order valence-electron chi connectivity index (χ1n) is 6.59. The zero-order valence-corrected chi connectivity index (χ0v) is 10.7. The van der Waals surface area contributed by atoms with E-state index in [1.54, 1.807) is 0 Å². The Morgan fingerprint density at radius 3 is 2.59 bits per heavy atom. The highest BCUT2D eigenvalue weighted by atomic mass is 16.3. The smallest absolute Gasteiger partial charge is 0.0493 e. The topological polar surface area (TPSA) is 46.2 Å². The van der Waals surface area contributed by atoms with Gasteiger partial charge in [0, 0.05) is 17.9 Å². The van der Waals surface area contributed by atoms with E-state index < -0.39 is 0 Å². The normalized spacial score (nSPS) is 20.4. The Balaban J connectivity index is 2.32. The first-order chi connectivity index (χ1) is 8.22. The average Bonchev–Trinajstić information content (AvgIpc) is 2.80. The second kappa shape index (κ2) is 5.19. The third-order valence-electron chi connectivity index (χ3n) is 4.33. The molecular formula is C15H23NO. The minimum atomic E-state index is 0.0303. The van der Waals surface area contributed by atoms with Crippen LogP contribution in [0.15, 0.2) is 24.3 Å². The molecule has 3 N–H and O–H groups in total. The number of hydrogen-bond donors (Lipinski definition) is 2. The maximum absolute atomic E-state index is 9.79. The maximum atomic E-state index is 9.79. The molecule has 0 saturated heterocycles. The van der Waals surface area contributed by atoms with Crippen molar-refractivity contribution in [1.82, 2.24) is 0 Å². The summed E-state index contributed by atoms with van der Waals surface area (Å²) in [6.07, 6.45) is 4.67. The Hall–Kier alpha value is -0.860. The Bertz CT molecular complexity index is 369. The SMILES string of the molecule is Cc1cccc([C@@H](CN)C2(CO)CCCC2)c1. The van der Waals surface area contributed by atoms with E-state index in [-0.39, 0.29) is 12.0 Å². The van der Waals surface area contributed by atoms with Crippen LogP contribution in [0, 0.1) is 12.3 Å². The number of hydrogen-bond acceptors (Lipinski definition) is 2. The van der Waals surface area contributed by atoms with Crippen molar-refractivity contribution in [3.05, 3.63) is 35.4 Å². The van der Waals surface area contributed by atoms with Gasteiger partial charge in [-0.05, 0) is 31.9 Å². The maximum Gasteiger partial charge on any atom is 0.0493 e. The van der Waals surface area contributed by atoms with Gasteiger partial charge in [-0.3, -0.25) is 0 Å². The van der Waals surface area contributed by atoms with Crippen molar-refractivity contribution in [2.45, 2.75) is 38.5 Å². The van der Waals surface area contributed by atoms with Crippen molar-refractivity contribution >= 4 is 0 Å². The molecule has 17 heavy (non-hydrogen) atoms. The second-order valence-electron chi connectivity index (χ2n) is 5.43. The van der Waals surface area contributed by atoms with Gasteiger partial charge in [0.1, 0.15) is 0 Å². The van der Waals surface area contributed by atoms with Crippen molar-refractivity contribution in [2.75, 3.05) is 13.2 Å². The Labute approximate surface area is 104 Å². The highest BCUT2D eigenvalue weighted by molar-refractivity contribution is 5.28. The van der Waals surface area contributed by atoms with E-state index in [1.165, 1.54) is 24.0 Å². The third-order valence-corrected chi connectivity index (χ3v) is 4.33. The molecule has 0 spiro atoms. The number of aliphatic hydroxyl groups excluding tert-OH is 1. The lowest BCUT2D eigenvalue weighted by molar-refractivity contribution is 0.102. The summed E-state index contributed by atoms with van der Waals surface area (Å²) in [5, 5.41) is 9.79. The molecule has 1 aliphatic carbocycles. The summed E-state index contributed by atoms with van der Waals surface area (Å²) in [4.78, 5) is 0. The molecule has 1 aromatic rings. The van der Waals surface area contributed by atoms with E-state index in [0.29, 0.717) is 12.5 Å². The molecule has 0 bridgehead atoms. The van der Waals surface area contributed by atoms with Crippen LogP contribution < -0.4 is 5.73 Å². The fourth-order valence-corrected chi connectivity index (χ4v) is 3.32. The van der Waals surface area contributed by atoms with Crippen LogP contribution in [-0.4, -0.2) is 18.3 Å². The summed E-state index contributed by atoms with van der Waals surface area (Å²) >= 11 is 0. The molecular weight excluding hydrogens is 210 g/mol. The first-order valence-corrected chi connectivity index (χ1v) is 6.59. The standard InChI is InChI=1S/C15H23NO/c1-12-5-4-6-13(9-12)14(10-16)15(11-17)7-2-3-8-15/h4-6,9,14,17H,2-3,7-8,10-11,16H2,1H3/t14-/m1/s1. The van der Waals surface area contributed by atoms with E-state index in [9.17, 15) is 5.11 Å². The van der Waals surface area contributed by atoms with Crippen molar-refractivity contribution < 1.29 is 5.11 Å². The molecule has 0 aromatic heterocycles. The fraction of sp³-hybridized carbons (Fsp3) is 0.600. The average molecular weight is 233 g/mol. The molecule has 1 aromatic carbocycles. The van der Waals surface area contributed by atoms with E-state index >= 15 is 0 Å². The Morgan fingerprint density at radius 2 is 2.06 bits per heavy atom. The van der Waals surface area contributed by atoms with Gasteiger partial charge in [-0.2, -0.15) is 0 Å². The van der Waals surface area contributed by atoms with Crippen LogP contribution >= 0.6 is 0 Å². The summed E-state index contributed by atoms with van der Waals surface area (Å²) < 4.78 is 0. The quantitative estimate of drug-likeness (QED) is 0.839. The van der Waals surface area contributed by atoms with Gasteiger partial charge in [-0.15, -0.1) is 0 Å². The van der Waals surface area contributed by atoms with E-state index in [2.05, 4.69) is 31.2 Å². The molecule has 0 amide bonds. The van der Waals surface area contributed by atoms with Gasteiger partial charge >= 0.3 is 0 Å². The van der Waals surface area contributed by atoms with Crippen LogP contribution in [0.3, 0.4) is 0 Å². The molecule has 0 aliphatic heterocycles. The summed E-state index contributed by atoms with van der Waals surface area (Å²) in [7, 11) is 0. The molecule has 1 atom stereocenters. The van der Waals surface area contributed by atoms with Crippen LogP contribution in [0.25, 0.3) is 0 Å². The largest absolute Gasteiger partial charge is 0.396 e. The van der Waals surface area contributed by atoms with Crippen LogP contribution in [-0.2, 0) is 0 Å². The summed E-state index contributed by atoms with van der Waals surface area (Å²) in [6.45, 7) is 3.00. The molecule has 94 valence electrons. The summed E-state index contributed by atoms with van der Waals surface area (Å²) in [5.41, 5.74) is 8.58. The lowest BCUT2D eigenvalue weighted by atomic mass is 9.71. The number of rotatable bonds is 4. The first kappa shape index (κ1) is 12.6. The Kier molecular flexibility index (Phi) is 3.85.